The average Bonchev–Trinajstić information content (AvgIpc) is 2.44. The van der Waals surface area contributed by atoms with Crippen molar-refractivity contribution in [2.75, 3.05) is 26.7 Å². The van der Waals surface area contributed by atoms with E-state index in [4.69, 9.17) is 0 Å². The Labute approximate surface area is 117 Å². The van der Waals surface area contributed by atoms with Crippen molar-refractivity contribution in [3.8, 4) is 0 Å². The first-order valence-electron chi connectivity index (χ1n) is 7.21. The minimum absolute atomic E-state index is 0.152. The van der Waals surface area contributed by atoms with Crippen molar-refractivity contribution >= 4 is 5.91 Å². The molecule has 3 nitrogen and oxygen atoms in total. The molecule has 3 heteroatoms. The maximum atomic E-state index is 11.7. The van der Waals surface area contributed by atoms with Gasteiger partial charge in [0.2, 0.25) is 5.91 Å². The molecule has 0 bridgehead atoms. The monoisotopic (exact) mass is 262 g/mol. The molecular formula is C16H26N2O. The Balaban J connectivity index is 2.08. The van der Waals surface area contributed by atoms with Gasteiger partial charge in [0.1, 0.15) is 0 Å². The number of benzene rings is 1. The summed E-state index contributed by atoms with van der Waals surface area (Å²) in [5.74, 6) is 0.152. The molecule has 0 heterocycles. The van der Waals surface area contributed by atoms with E-state index in [0.29, 0.717) is 6.42 Å². The van der Waals surface area contributed by atoms with Gasteiger partial charge >= 0.3 is 0 Å². The number of unbranched alkanes of at least 4 members (excludes halogenated alkanes) is 1. The second-order valence-corrected chi connectivity index (χ2v) is 4.99. The van der Waals surface area contributed by atoms with Crippen LogP contribution < -0.4 is 5.32 Å². The fourth-order valence-electron chi connectivity index (χ4n) is 1.91. The molecule has 19 heavy (non-hydrogen) atoms. The van der Waals surface area contributed by atoms with Crippen LogP contribution in [-0.2, 0) is 11.2 Å². The van der Waals surface area contributed by atoms with E-state index >= 15 is 0 Å². The van der Waals surface area contributed by atoms with Crippen LogP contribution >= 0.6 is 0 Å². The van der Waals surface area contributed by atoms with E-state index in [1.54, 1.807) is 0 Å². The first-order chi connectivity index (χ1) is 9.22. The van der Waals surface area contributed by atoms with Gasteiger partial charge in [0.25, 0.3) is 0 Å². The van der Waals surface area contributed by atoms with Crippen molar-refractivity contribution < 1.29 is 4.79 Å². The van der Waals surface area contributed by atoms with Gasteiger partial charge in [0.05, 0.1) is 0 Å². The lowest BCUT2D eigenvalue weighted by molar-refractivity contribution is -0.121. The van der Waals surface area contributed by atoms with Crippen LogP contribution in [0.5, 0.6) is 0 Å². The highest BCUT2D eigenvalue weighted by atomic mass is 16.1. The zero-order valence-corrected chi connectivity index (χ0v) is 12.2. The van der Waals surface area contributed by atoms with Gasteiger partial charge in [0, 0.05) is 19.5 Å². The third-order valence-electron chi connectivity index (χ3n) is 3.19. The number of amides is 1. The fraction of sp³-hybridized carbons (Fsp3) is 0.562. The van der Waals surface area contributed by atoms with E-state index in [2.05, 4.69) is 36.3 Å². The summed E-state index contributed by atoms with van der Waals surface area (Å²) in [5, 5.41) is 2.98. The normalized spacial score (nSPS) is 10.7. The highest BCUT2D eigenvalue weighted by Gasteiger charge is 2.03. The SMILES string of the molecule is CCCCN(C)CCC(=O)NCCc1ccccc1. The standard InChI is InChI=1S/C16H26N2O/c1-3-4-13-18(2)14-11-16(19)17-12-10-15-8-6-5-7-9-15/h5-9H,3-4,10-14H2,1-2H3,(H,17,19). The topological polar surface area (TPSA) is 32.3 Å². The van der Waals surface area contributed by atoms with Crippen LogP contribution in [0.4, 0.5) is 0 Å². The van der Waals surface area contributed by atoms with Crippen molar-refractivity contribution in [3.05, 3.63) is 35.9 Å². The van der Waals surface area contributed by atoms with Gasteiger partial charge in [-0.25, -0.2) is 0 Å². The molecule has 1 rings (SSSR count). The zero-order valence-electron chi connectivity index (χ0n) is 12.2. The van der Waals surface area contributed by atoms with E-state index in [1.165, 1.54) is 18.4 Å². The molecule has 1 aromatic rings. The number of hydrogen-bond acceptors (Lipinski definition) is 2. The van der Waals surface area contributed by atoms with E-state index < -0.39 is 0 Å². The van der Waals surface area contributed by atoms with Crippen LogP contribution in [0.1, 0.15) is 31.7 Å². The Morgan fingerprint density at radius 2 is 1.95 bits per heavy atom. The third kappa shape index (κ3) is 7.62. The molecular weight excluding hydrogens is 236 g/mol. The number of nitrogens with zero attached hydrogens (tertiary/aromatic N) is 1. The van der Waals surface area contributed by atoms with Crippen molar-refractivity contribution in [2.45, 2.75) is 32.6 Å². The molecule has 0 spiro atoms. The maximum Gasteiger partial charge on any atom is 0.221 e. The van der Waals surface area contributed by atoms with Crippen LogP contribution in [-0.4, -0.2) is 37.5 Å². The highest BCUT2D eigenvalue weighted by Crippen LogP contribution is 1.98. The van der Waals surface area contributed by atoms with Gasteiger partial charge in [-0.15, -0.1) is 0 Å². The number of rotatable bonds is 9. The summed E-state index contributed by atoms with van der Waals surface area (Å²) in [7, 11) is 2.08. The lowest BCUT2D eigenvalue weighted by Gasteiger charge is -2.15. The molecule has 0 aliphatic carbocycles. The maximum absolute atomic E-state index is 11.7. The first-order valence-corrected chi connectivity index (χ1v) is 7.21. The largest absolute Gasteiger partial charge is 0.356 e. The zero-order chi connectivity index (χ0) is 13.9. The minimum Gasteiger partial charge on any atom is -0.356 e. The van der Waals surface area contributed by atoms with Gasteiger partial charge in [-0.05, 0) is 32.0 Å². The summed E-state index contributed by atoms with van der Waals surface area (Å²) in [5.41, 5.74) is 1.27. The summed E-state index contributed by atoms with van der Waals surface area (Å²) < 4.78 is 0. The molecule has 1 N–H and O–H groups in total. The molecule has 0 atom stereocenters. The van der Waals surface area contributed by atoms with Crippen LogP contribution in [0.25, 0.3) is 0 Å². The molecule has 0 aliphatic rings. The van der Waals surface area contributed by atoms with Crippen molar-refractivity contribution in [2.24, 2.45) is 0 Å². The molecule has 0 unspecified atom stereocenters. The van der Waals surface area contributed by atoms with E-state index in [1.807, 2.05) is 18.2 Å². The number of hydrogen-bond donors (Lipinski definition) is 1. The molecule has 1 aromatic carbocycles. The molecule has 0 aliphatic heterocycles. The van der Waals surface area contributed by atoms with E-state index in [0.717, 1.165) is 26.1 Å². The van der Waals surface area contributed by atoms with Crippen molar-refractivity contribution in [1.82, 2.24) is 10.2 Å². The second-order valence-electron chi connectivity index (χ2n) is 4.99. The molecule has 0 fully saturated rings. The van der Waals surface area contributed by atoms with Crippen LogP contribution in [0, 0.1) is 0 Å². The average molecular weight is 262 g/mol. The number of nitrogens with one attached hydrogen (secondary N) is 1. The number of carbonyl (C=O) groups is 1. The summed E-state index contributed by atoms with van der Waals surface area (Å²) in [6.45, 7) is 4.83. The molecule has 1 amide bonds. The van der Waals surface area contributed by atoms with Gasteiger partial charge in [-0.1, -0.05) is 43.7 Å². The summed E-state index contributed by atoms with van der Waals surface area (Å²) >= 11 is 0. The minimum atomic E-state index is 0.152. The van der Waals surface area contributed by atoms with Crippen LogP contribution in [0.15, 0.2) is 30.3 Å². The van der Waals surface area contributed by atoms with Gasteiger partial charge in [-0.3, -0.25) is 4.79 Å². The summed E-state index contributed by atoms with van der Waals surface area (Å²) in [6.07, 6.45) is 3.90. The molecule has 106 valence electrons. The Morgan fingerprint density at radius 3 is 2.63 bits per heavy atom. The molecule has 0 saturated carbocycles. The molecule has 0 radical (unpaired) electrons. The lowest BCUT2D eigenvalue weighted by atomic mass is 10.1. The molecule has 0 aromatic heterocycles. The quantitative estimate of drug-likeness (QED) is 0.741. The fourth-order valence-corrected chi connectivity index (χ4v) is 1.91. The van der Waals surface area contributed by atoms with Crippen LogP contribution in [0.3, 0.4) is 0 Å². The Kier molecular flexibility index (Phi) is 7.91. The Bertz CT molecular complexity index is 351. The highest BCUT2D eigenvalue weighted by molar-refractivity contribution is 5.76. The Hall–Kier alpha value is -1.35. The third-order valence-corrected chi connectivity index (χ3v) is 3.19. The van der Waals surface area contributed by atoms with Crippen molar-refractivity contribution in [3.63, 3.8) is 0 Å². The van der Waals surface area contributed by atoms with E-state index in [9.17, 15) is 4.79 Å². The summed E-state index contributed by atoms with van der Waals surface area (Å²) in [4.78, 5) is 13.9. The second kappa shape index (κ2) is 9.56. The number of carbonyl (C=O) groups excluding carboxylic acids is 1. The smallest absolute Gasteiger partial charge is 0.221 e. The predicted octanol–water partition coefficient (Wildman–Crippen LogP) is 2.47. The van der Waals surface area contributed by atoms with Gasteiger partial charge < -0.3 is 10.2 Å². The van der Waals surface area contributed by atoms with Gasteiger partial charge in [0.15, 0.2) is 0 Å². The van der Waals surface area contributed by atoms with Gasteiger partial charge in [-0.2, -0.15) is 0 Å². The van der Waals surface area contributed by atoms with Crippen molar-refractivity contribution in [1.29, 1.82) is 0 Å². The van der Waals surface area contributed by atoms with Crippen LogP contribution in [0.2, 0.25) is 0 Å². The summed E-state index contributed by atoms with van der Waals surface area (Å²) in [6, 6.07) is 10.2. The Morgan fingerprint density at radius 1 is 1.21 bits per heavy atom. The predicted molar refractivity (Wildman–Crippen MR) is 80.2 cm³/mol. The van der Waals surface area contributed by atoms with E-state index in [-0.39, 0.29) is 5.91 Å². The lowest BCUT2D eigenvalue weighted by Crippen LogP contribution is -2.30. The molecule has 0 saturated heterocycles. The first kappa shape index (κ1) is 15.7.